The van der Waals surface area contributed by atoms with Gasteiger partial charge in [-0.2, -0.15) is 0 Å². The van der Waals surface area contributed by atoms with E-state index in [9.17, 15) is 14.0 Å². The van der Waals surface area contributed by atoms with Crippen molar-refractivity contribution in [3.63, 3.8) is 0 Å². The number of hydrogen-bond acceptors (Lipinski definition) is 3. The number of rotatable bonds is 6. The Hall–Kier alpha value is -2.11. The summed E-state index contributed by atoms with van der Waals surface area (Å²) in [5.74, 6) is -1.26. The average Bonchev–Trinajstić information content (AvgIpc) is 2.35. The zero-order chi connectivity index (χ0) is 15.5. The van der Waals surface area contributed by atoms with Gasteiger partial charge in [0.2, 0.25) is 5.91 Å². The summed E-state index contributed by atoms with van der Waals surface area (Å²) in [6.45, 7) is 0. The molecule has 1 aromatic carbocycles. The highest BCUT2D eigenvalue weighted by Crippen LogP contribution is 2.35. The van der Waals surface area contributed by atoms with Crippen LogP contribution in [0.3, 0.4) is 0 Å². The predicted octanol–water partition coefficient (Wildman–Crippen LogP) is 1.89. The first kappa shape index (κ1) is 15.3. The number of carbonyl (C=O) groups is 2. The minimum atomic E-state index is -0.932. The molecule has 0 spiro atoms. The van der Waals surface area contributed by atoms with Crippen molar-refractivity contribution in [1.29, 1.82) is 0 Å². The smallest absolute Gasteiger partial charge is 0.305 e. The molecule has 5 nitrogen and oxygen atoms in total. The second kappa shape index (κ2) is 6.11. The fourth-order valence-electron chi connectivity index (χ4n) is 2.64. The molecule has 0 saturated heterocycles. The molecule has 2 N–H and O–H groups in total. The molecule has 0 aromatic heterocycles. The van der Waals surface area contributed by atoms with Crippen molar-refractivity contribution in [2.75, 3.05) is 7.11 Å². The van der Waals surface area contributed by atoms with Gasteiger partial charge in [0.05, 0.1) is 25.5 Å². The van der Waals surface area contributed by atoms with Crippen molar-refractivity contribution in [3.8, 4) is 5.75 Å². The van der Waals surface area contributed by atoms with Crippen LogP contribution >= 0.6 is 0 Å². The van der Waals surface area contributed by atoms with Crippen LogP contribution in [-0.4, -0.2) is 29.6 Å². The normalized spacial score (nSPS) is 15.9. The molecular weight excluding hydrogens is 277 g/mol. The van der Waals surface area contributed by atoms with Crippen molar-refractivity contribution >= 4 is 11.9 Å². The van der Waals surface area contributed by atoms with Gasteiger partial charge in [0.15, 0.2) is 0 Å². The third-order valence-electron chi connectivity index (χ3n) is 3.80. The average molecular weight is 295 g/mol. The lowest BCUT2D eigenvalue weighted by Crippen LogP contribution is -2.55. The molecule has 0 bridgehead atoms. The van der Waals surface area contributed by atoms with Gasteiger partial charge < -0.3 is 15.2 Å². The van der Waals surface area contributed by atoms with Gasteiger partial charge >= 0.3 is 5.97 Å². The summed E-state index contributed by atoms with van der Waals surface area (Å²) < 4.78 is 18.4. The second-order valence-corrected chi connectivity index (χ2v) is 5.39. The zero-order valence-electron chi connectivity index (χ0n) is 11.8. The zero-order valence-corrected chi connectivity index (χ0v) is 11.8. The van der Waals surface area contributed by atoms with E-state index in [2.05, 4.69) is 5.32 Å². The van der Waals surface area contributed by atoms with Gasteiger partial charge in [-0.25, -0.2) is 4.39 Å². The predicted molar refractivity (Wildman–Crippen MR) is 73.6 cm³/mol. The number of hydrogen-bond donors (Lipinski definition) is 2. The Labute approximate surface area is 122 Å². The Kier molecular flexibility index (Phi) is 4.45. The fraction of sp³-hybridized carbons (Fsp3) is 0.467. The maximum atomic E-state index is 13.3. The molecule has 6 heteroatoms. The third kappa shape index (κ3) is 3.71. The molecule has 0 radical (unpaired) electrons. The minimum absolute atomic E-state index is 0.0394. The third-order valence-corrected chi connectivity index (χ3v) is 3.80. The Bertz CT molecular complexity index is 555. The van der Waals surface area contributed by atoms with E-state index in [0.717, 1.165) is 6.42 Å². The molecule has 0 aliphatic heterocycles. The Morgan fingerprint density at radius 1 is 1.43 bits per heavy atom. The van der Waals surface area contributed by atoms with Crippen molar-refractivity contribution < 1.29 is 23.8 Å². The van der Waals surface area contributed by atoms with Crippen LogP contribution < -0.4 is 10.1 Å². The van der Waals surface area contributed by atoms with Crippen molar-refractivity contribution in [2.45, 2.75) is 37.6 Å². The van der Waals surface area contributed by atoms with Crippen LogP contribution in [-0.2, 0) is 16.0 Å². The standard InChI is InChI=1S/C15H18FNO4/c1-21-12-4-3-11(16)7-10(12)8-13(18)17-15(5-2-6-15)9-14(19)20/h3-4,7H,2,5-6,8-9H2,1H3,(H,17,18)(H,19,20). The summed E-state index contributed by atoms with van der Waals surface area (Å²) in [6, 6.07) is 3.98. The summed E-state index contributed by atoms with van der Waals surface area (Å²) in [4.78, 5) is 23.0. The lowest BCUT2D eigenvalue weighted by atomic mass is 9.74. The molecule has 1 aliphatic rings. The maximum absolute atomic E-state index is 13.3. The van der Waals surface area contributed by atoms with Gasteiger partial charge in [0, 0.05) is 5.56 Å². The molecule has 1 fully saturated rings. The Balaban J connectivity index is 2.04. The highest BCUT2D eigenvalue weighted by atomic mass is 19.1. The van der Waals surface area contributed by atoms with Gasteiger partial charge in [-0.15, -0.1) is 0 Å². The van der Waals surface area contributed by atoms with Crippen molar-refractivity contribution in [1.82, 2.24) is 5.32 Å². The minimum Gasteiger partial charge on any atom is -0.496 e. The molecule has 1 saturated carbocycles. The van der Waals surface area contributed by atoms with Crippen LogP contribution in [0.1, 0.15) is 31.2 Å². The van der Waals surface area contributed by atoms with Crippen molar-refractivity contribution in [2.24, 2.45) is 0 Å². The summed E-state index contributed by atoms with van der Waals surface area (Å²) in [6.07, 6.45) is 2.09. The van der Waals surface area contributed by atoms with Crippen LogP contribution in [0.2, 0.25) is 0 Å². The quantitative estimate of drug-likeness (QED) is 0.840. The number of amides is 1. The summed E-state index contributed by atoms with van der Waals surface area (Å²) >= 11 is 0. The van der Waals surface area contributed by atoms with Crippen LogP contribution in [0.25, 0.3) is 0 Å². The highest BCUT2D eigenvalue weighted by Gasteiger charge is 2.40. The van der Waals surface area contributed by atoms with E-state index in [1.54, 1.807) is 0 Å². The number of benzene rings is 1. The lowest BCUT2D eigenvalue weighted by Gasteiger charge is -2.41. The number of ether oxygens (including phenoxy) is 1. The number of carboxylic acid groups (broad SMARTS) is 1. The number of halogens is 1. The first-order valence-electron chi connectivity index (χ1n) is 6.79. The molecule has 114 valence electrons. The first-order chi connectivity index (χ1) is 9.94. The summed E-state index contributed by atoms with van der Waals surface area (Å²) in [5.41, 5.74) is -0.205. The highest BCUT2D eigenvalue weighted by molar-refractivity contribution is 5.81. The molecule has 21 heavy (non-hydrogen) atoms. The molecule has 1 amide bonds. The van der Waals surface area contributed by atoms with Gasteiger partial charge in [-0.1, -0.05) is 0 Å². The number of carbonyl (C=O) groups excluding carboxylic acids is 1. The monoisotopic (exact) mass is 295 g/mol. The molecular formula is C15H18FNO4. The number of aliphatic carboxylic acids is 1. The van der Waals surface area contributed by atoms with Crippen LogP contribution in [0.5, 0.6) is 5.75 Å². The van der Waals surface area contributed by atoms with Gasteiger partial charge in [0.25, 0.3) is 0 Å². The topological polar surface area (TPSA) is 75.6 Å². The number of carboxylic acids is 1. The second-order valence-electron chi connectivity index (χ2n) is 5.39. The van der Waals surface area contributed by atoms with E-state index in [1.165, 1.54) is 25.3 Å². The van der Waals surface area contributed by atoms with Gasteiger partial charge in [-0.05, 0) is 37.5 Å². The van der Waals surface area contributed by atoms with Crippen LogP contribution in [0, 0.1) is 5.82 Å². The molecule has 0 atom stereocenters. The van der Waals surface area contributed by atoms with E-state index >= 15 is 0 Å². The van der Waals surface area contributed by atoms with E-state index in [-0.39, 0.29) is 18.7 Å². The number of methoxy groups -OCH3 is 1. The van der Waals surface area contributed by atoms with Crippen molar-refractivity contribution in [3.05, 3.63) is 29.6 Å². The molecule has 1 aliphatic carbocycles. The van der Waals surface area contributed by atoms with Crippen LogP contribution in [0.4, 0.5) is 4.39 Å². The van der Waals surface area contributed by atoms with E-state index in [0.29, 0.717) is 24.2 Å². The maximum Gasteiger partial charge on any atom is 0.305 e. The Morgan fingerprint density at radius 2 is 2.14 bits per heavy atom. The SMILES string of the molecule is COc1ccc(F)cc1CC(=O)NC1(CC(=O)O)CCC1. The van der Waals surface area contributed by atoms with E-state index in [4.69, 9.17) is 9.84 Å². The lowest BCUT2D eigenvalue weighted by molar-refractivity contribution is -0.140. The van der Waals surface area contributed by atoms with Crippen LogP contribution in [0.15, 0.2) is 18.2 Å². The molecule has 1 aromatic rings. The summed E-state index contributed by atoms with van der Waals surface area (Å²) in [7, 11) is 1.45. The van der Waals surface area contributed by atoms with E-state index < -0.39 is 17.3 Å². The van der Waals surface area contributed by atoms with Gasteiger partial charge in [-0.3, -0.25) is 9.59 Å². The van der Waals surface area contributed by atoms with Gasteiger partial charge in [0.1, 0.15) is 11.6 Å². The van der Waals surface area contributed by atoms with E-state index in [1.807, 2.05) is 0 Å². The number of nitrogens with one attached hydrogen (secondary N) is 1. The molecule has 0 heterocycles. The molecule has 2 rings (SSSR count). The first-order valence-corrected chi connectivity index (χ1v) is 6.79. The molecule has 0 unspecified atom stereocenters. The Morgan fingerprint density at radius 3 is 2.67 bits per heavy atom. The summed E-state index contributed by atoms with van der Waals surface area (Å²) in [5, 5.41) is 11.7. The fourth-order valence-corrected chi connectivity index (χ4v) is 2.64. The largest absolute Gasteiger partial charge is 0.496 e.